The fraction of sp³-hybridized carbons (Fsp3) is 0.310. The molecule has 1 atom stereocenters. The molecule has 3 rings (SSSR count). The van der Waals surface area contributed by atoms with Crippen LogP contribution in [-0.2, 0) is 26.2 Å². The van der Waals surface area contributed by atoms with E-state index in [1.807, 2.05) is 33.8 Å². The van der Waals surface area contributed by atoms with Gasteiger partial charge in [-0.05, 0) is 82.1 Å². The summed E-state index contributed by atoms with van der Waals surface area (Å²) in [6, 6.07) is 17.8. The highest BCUT2D eigenvalue weighted by Gasteiger charge is 2.32. The zero-order valence-electron chi connectivity index (χ0n) is 22.3. The van der Waals surface area contributed by atoms with Crippen LogP contribution >= 0.6 is 0 Å². The lowest BCUT2D eigenvalue weighted by Gasteiger charge is -2.32. The van der Waals surface area contributed by atoms with Crippen LogP contribution in [0.2, 0.25) is 0 Å². The fourth-order valence-corrected chi connectivity index (χ4v) is 5.33. The van der Waals surface area contributed by atoms with Crippen LogP contribution in [0.15, 0.2) is 77.7 Å². The number of benzene rings is 3. The number of nitrogens with one attached hydrogen (secondary N) is 1. The molecule has 0 aliphatic carbocycles. The second-order valence-electron chi connectivity index (χ2n) is 9.65. The van der Waals surface area contributed by atoms with Crippen molar-refractivity contribution in [2.24, 2.45) is 0 Å². The SMILES string of the molecule is Cc1ccc(S(=O)(=O)N(CC(=O)N(Cc2ccc(F)cc2)C(C)C(=O)NC(C)C)c2cccc(C)c2)cc1. The van der Waals surface area contributed by atoms with Gasteiger partial charge in [-0.15, -0.1) is 0 Å². The number of hydrogen-bond donors (Lipinski definition) is 1. The summed E-state index contributed by atoms with van der Waals surface area (Å²) in [6.07, 6.45) is 0. The van der Waals surface area contributed by atoms with Crippen LogP contribution < -0.4 is 9.62 Å². The maximum atomic E-state index is 13.8. The maximum absolute atomic E-state index is 13.8. The van der Waals surface area contributed by atoms with Crippen molar-refractivity contribution in [1.29, 1.82) is 0 Å². The molecule has 0 spiro atoms. The third-order valence-electron chi connectivity index (χ3n) is 6.04. The molecular formula is C29H34FN3O4S. The van der Waals surface area contributed by atoms with Gasteiger partial charge in [0.05, 0.1) is 10.6 Å². The Bertz CT molecular complexity index is 1370. The zero-order valence-corrected chi connectivity index (χ0v) is 23.1. The molecule has 1 N–H and O–H groups in total. The van der Waals surface area contributed by atoms with E-state index in [0.29, 0.717) is 11.3 Å². The largest absolute Gasteiger partial charge is 0.352 e. The van der Waals surface area contributed by atoms with Crippen molar-refractivity contribution in [1.82, 2.24) is 10.2 Å². The molecule has 0 aliphatic rings. The lowest BCUT2D eigenvalue weighted by Crippen LogP contribution is -2.52. The first kappa shape index (κ1) is 28.8. The summed E-state index contributed by atoms with van der Waals surface area (Å²) in [5.74, 6) is -1.37. The highest BCUT2D eigenvalue weighted by Crippen LogP contribution is 2.25. The number of rotatable bonds is 10. The van der Waals surface area contributed by atoms with E-state index in [0.717, 1.165) is 15.4 Å². The van der Waals surface area contributed by atoms with Crippen LogP contribution in [0.25, 0.3) is 0 Å². The first-order valence-corrected chi connectivity index (χ1v) is 13.8. The summed E-state index contributed by atoms with van der Waals surface area (Å²) in [5, 5.41) is 2.80. The normalized spacial score (nSPS) is 12.2. The Balaban J connectivity index is 2.03. The smallest absolute Gasteiger partial charge is 0.264 e. The topological polar surface area (TPSA) is 86.8 Å². The third kappa shape index (κ3) is 7.19. The van der Waals surface area contributed by atoms with Crippen molar-refractivity contribution in [2.45, 2.75) is 58.1 Å². The van der Waals surface area contributed by atoms with Gasteiger partial charge >= 0.3 is 0 Å². The molecule has 3 aromatic carbocycles. The van der Waals surface area contributed by atoms with E-state index in [2.05, 4.69) is 5.32 Å². The van der Waals surface area contributed by atoms with Gasteiger partial charge in [-0.2, -0.15) is 0 Å². The number of aryl methyl sites for hydroxylation is 2. The molecule has 202 valence electrons. The average Bonchev–Trinajstić information content (AvgIpc) is 2.86. The Kier molecular flexibility index (Phi) is 9.27. The molecule has 0 fully saturated rings. The highest BCUT2D eigenvalue weighted by molar-refractivity contribution is 7.92. The van der Waals surface area contributed by atoms with Crippen molar-refractivity contribution in [2.75, 3.05) is 10.8 Å². The predicted octanol–water partition coefficient (Wildman–Crippen LogP) is 4.58. The number of sulfonamides is 1. The van der Waals surface area contributed by atoms with Gasteiger partial charge in [-0.3, -0.25) is 13.9 Å². The number of nitrogens with zero attached hydrogens (tertiary/aromatic N) is 2. The molecule has 38 heavy (non-hydrogen) atoms. The number of halogens is 1. The number of carbonyl (C=O) groups is 2. The van der Waals surface area contributed by atoms with E-state index in [1.165, 1.54) is 41.3 Å². The van der Waals surface area contributed by atoms with Crippen molar-refractivity contribution in [3.8, 4) is 0 Å². The van der Waals surface area contributed by atoms with Crippen molar-refractivity contribution < 1.29 is 22.4 Å². The van der Waals surface area contributed by atoms with E-state index < -0.39 is 34.3 Å². The molecule has 0 radical (unpaired) electrons. The number of amides is 2. The standard InChI is InChI=1S/C29H34FN3O4S/c1-20(2)31-29(35)23(5)32(18-24-11-13-25(30)14-12-24)28(34)19-33(26-8-6-7-22(4)17-26)38(36,37)27-15-9-21(3)10-16-27/h6-17,20,23H,18-19H2,1-5H3,(H,31,35). The third-order valence-corrected chi connectivity index (χ3v) is 7.83. The van der Waals surface area contributed by atoms with E-state index in [-0.39, 0.29) is 23.4 Å². The van der Waals surface area contributed by atoms with Gasteiger partial charge in [0.15, 0.2) is 0 Å². The van der Waals surface area contributed by atoms with Crippen LogP contribution in [0.4, 0.5) is 10.1 Å². The molecule has 0 aromatic heterocycles. The Hall–Kier alpha value is -3.72. The van der Waals surface area contributed by atoms with E-state index in [1.54, 1.807) is 37.3 Å². The van der Waals surface area contributed by atoms with Crippen LogP contribution in [0.1, 0.15) is 37.5 Å². The molecule has 9 heteroatoms. The molecule has 0 saturated carbocycles. The average molecular weight is 540 g/mol. The molecule has 7 nitrogen and oxygen atoms in total. The predicted molar refractivity (Wildman–Crippen MR) is 147 cm³/mol. The molecule has 3 aromatic rings. The van der Waals surface area contributed by atoms with Crippen molar-refractivity contribution in [3.63, 3.8) is 0 Å². The van der Waals surface area contributed by atoms with E-state index >= 15 is 0 Å². The van der Waals surface area contributed by atoms with Gasteiger partial charge in [0, 0.05) is 12.6 Å². The Labute approximate surface area is 224 Å². The molecule has 0 aliphatic heterocycles. The van der Waals surface area contributed by atoms with E-state index in [4.69, 9.17) is 0 Å². The van der Waals surface area contributed by atoms with E-state index in [9.17, 15) is 22.4 Å². The first-order chi connectivity index (χ1) is 17.9. The van der Waals surface area contributed by atoms with Gasteiger partial charge in [0.2, 0.25) is 11.8 Å². The summed E-state index contributed by atoms with van der Waals surface area (Å²) >= 11 is 0. The molecule has 1 unspecified atom stereocenters. The Morgan fingerprint density at radius 3 is 2.11 bits per heavy atom. The maximum Gasteiger partial charge on any atom is 0.264 e. The van der Waals surface area contributed by atoms with Gasteiger partial charge in [-0.1, -0.05) is 42.0 Å². The summed E-state index contributed by atoms with van der Waals surface area (Å²) in [7, 11) is -4.12. The molecular weight excluding hydrogens is 505 g/mol. The van der Waals surface area contributed by atoms with Crippen LogP contribution in [0.5, 0.6) is 0 Å². The lowest BCUT2D eigenvalue weighted by atomic mass is 10.1. The first-order valence-electron chi connectivity index (χ1n) is 12.4. The Morgan fingerprint density at radius 2 is 1.53 bits per heavy atom. The van der Waals surface area contributed by atoms with Gasteiger partial charge < -0.3 is 10.2 Å². The number of anilines is 1. The quantitative estimate of drug-likeness (QED) is 0.409. The summed E-state index contributed by atoms with van der Waals surface area (Å²) in [6.45, 7) is 8.37. The number of carbonyl (C=O) groups excluding carboxylic acids is 2. The molecule has 0 heterocycles. The minimum atomic E-state index is -4.12. The number of hydrogen-bond acceptors (Lipinski definition) is 4. The monoisotopic (exact) mass is 539 g/mol. The summed E-state index contributed by atoms with van der Waals surface area (Å²) in [4.78, 5) is 28.1. The van der Waals surface area contributed by atoms with Gasteiger partial charge in [-0.25, -0.2) is 12.8 Å². The Morgan fingerprint density at radius 1 is 0.895 bits per heavy atom. The lowest BCUT2D eigenvalue weighted by molar-refractivity contribution is -0.139. The van der Waals surface area contributed by atoms with Crippen molar-refractivity contribution in [3.05, 3.63) is 95.3 Å². The van der Waals surface area contributed by atoms with Gasteiger partial charge in [0.1, 0.15) is 18.4 Å². The zero-order chi connectivity index (χ0) is 28.0. The minimum Gasteiger partial charge on any atom is -0.352 e. The fourth-order valence-electron chi connectivity index (χ4n) is 3.92. The van der Waals surface area contributed by atoms with Crippen molar-refractivity contribution >= 4 is 27.5 Å². The van der Waals surface area contributed by atoms with Crippen LogP contribution in [-0.4, -0.2) is 43.8 Å². The summed E-state index contributed by atoms with van der Waals surface area (Å²) in [5.41, 5.74) is 2.66. The minimum absolute atomic E-state index is 0.00195. The molecule has 0 saturated heterocycles. The highest BCUT2D eigenvalue weighted by atomic mass is 32.2. The second-order valence-corrected chi connectivity index (χ2v) is 11.5. The molecule has 2 amide bonds. The van der Waals surface area contributed by atoms with Crippen LogP contribution in [0.3, 0.4) is 0 Å². The van der Waals surface area contributed by atoms with Gasteiger partial charge in [0.25, 0.3) is 10.0 Å². The molecule has 0 bridgehead atoms. The summed E-state index contributed by atoms with van der Waals surface area (Å²) < 4.78 is 42.2. The second kappa shape index (κ2) is 12.2. The van der Waals surface area contributed by atoms with Crippen LogP contribution in [0, 0.1) is 19.7 Å².